The second-order valence-corrected chi connectivity index (χ2v) is 6.05. The number of hydrogen-bond donors (Lipinski definition) is 1. The van der Waals surface area contributed by atoms with E-state index in [0.29, 0.717) is 11.1 Å². The van der Waals surface area contributed by atoms with E-state index in [1.807, 2.05) is 19.1 Å². The second kappa shape index (κ2) is 6.02. The Kier molecular flexibility index (Phi) is 4.37. The predicted molar refractivity (Wildman–Crippen MR) is 80.8 cm³/mol. The highest BCUT2D eigenvalue weighted by molar-refractivity contribution is 8.15. The van der Waals surface area contributed by atoms with E-state index in [-0.39, 0.29) is 11.2 Å². The average molecular weight is 275 g/mol. The van der Waals surface area contributed by atoms with Gasteiger partial charge >= 0.3 is 0 Å². The summed E-state index contributed by atoms with van der Waals surface area (Å²) in [5.74, 6) is 0.512. The van der Waals surface area contributed by atoms with E-state index in [0.717, 1.165) is 5.56 Å². The molecule has 0 aliphatic carbocycles. The van der Waals surface area contributed by atoms with Crippen LogP contribution in [0.4, 0.5) is 0 Å². The Bertz CT molecular complexity index is 520. The van der Waals surface area contributed by atoms with Crippen LogP contribution in [0.3, 0.4) is 0 Å². The summed E-state index contributed by atoms with van der Waals surface area (Å²) >= 11 is 1.39. The van der Waals surface area contributed by atoms with Gasteiger partial charge in [0.15, 0.2) is 5.17 Å². The molecular formula is C14H17N3OS. The lowest BCUT2D eigenvalue weighted by Crippen LogP contribution is -2.23. The maximum Gasteiger partial charge on any atom is 0.239 e. The molecule has 0 radical (unpaired) electrons. The van der Waals surface area contributed by atoms with Crippen molar-refractivity contribution in [3.63, 3.8) is 0 Å². The normalized spacial score (nSPS) is 21.6. The summed E-state index contributed by atoms with van der Waals surface area (Å²) in [6.07, 6.45) is 1.69. The molecule has 1 saturated heterocycles. The third kappa shape index (κ3) is 3.67. The Labute approximate surface area is 117 Å². The van der Waals surface area contributed by atoms with Gasteiger partial charge in [-0.15, -0.1) is 5.10 Å². The number of hydrogen-bond acceptors (Lipinski definition) is 4. The first-order chi connectivity index (χ1) is 9.06. The van der Waals surface area contributed by atoms with Crippen molar-refractivity contribution in [1.29, 1.82) is 0 Å². The maximum atomic E-state index is 11.3. The number of carbonyl (C=O) groups is 1. The number of nitrogens with zero attached hydrogens (tertiary/aromatic N) is 2. The van der Waals surface area contributed by atoms with E-state index in [1.54, 1.807) is 6.21 Å². The second-order valence-electron chi connectivity index (χ2n) is 4.72. The maximum absolute atomic E-state index is 11.3. The number of amides is 1. The monoisotopic (exact) mass is 275 g/mol. The first kappa shape index (κ1) is 13.8. The Balaban J connectivity index is 1.99. The van der Waals surface area contributed by atoms with Crippen LogP contribution in [-0.2, 0) is 4.79 Å². The van der Waals surface area contributed by atoms with E-state index >= 15 is 0 Å². The van der Waals surface area contributed by atoms with Crippen LogP contribution in [0.5, 0.6) is 0 Å². The van der Waals surface area contributed by atoms with Gasteiger partial charge in [-0.1, -0.05) is 49.9 Å². The summed E-state index contributed by atoms with van der Waals surface area (Å²) in [6.45, 7) is 6.17. The van der Waals surface area contributed by atoms with Crippen LogP contribution in [0.1, 0.15) is 37.8 Å². The molecular weight excluding hydrogens is 258 g/mol. The number of nitrogens with one attached hydrogen (secondary N) is 1. The van der Waals surface area contributed by atoms with Crippen LogP contribution in [0, 0.1) is 0 Å². The fraction of sp³-hybridized carbons (Fsp3) is 0.357. The molecule has 1 heterocycles. The van der Waals surface area contributed by atoms with Crippen LogP contribution < -0.4 is 5.32 Å². The van der Waals surface area contributed by atoms with Crippen molar-refractivity contribution in [2.24, 2.45) is 10.2 Å². The van der Waals surface area contributed by atoms with Gasteiger partial charge in [0.2, 0.25) is 5.91 Å². The van der Waals surface area contributed by atoms with E-state index in [9.17, 15) is 4.79 Å². The fourth-order valence-electron chi connectivity index (χ4n) is 1.62. The lowest BCUT2D eigenvalue weighted by molar-refractivity contribution is -0.118. The van der Waals surface area contributed by atoms with Gasteiger partial charge in [-0.25, -0.2) is 0 Å². The lowest BCUT2D eigenvalue weighted by atomic mass is 10.0. The van der Waals surface area contributed by atoms with E-state index in [1.165, 1.54) is 17.3 Å². The molecule has 1 aliphatic heterocycles. The van der Waals surface area contributed by atoms with Crippen molar-refractivity contribution in [2.45, 2.75) is 31.9 Å². The molecule has 0 bridgehead atoms. The zero-order valence-corrected chi connectivity index (χ0v) is 12.1. The van der Waals surface area contributed by atoms with Gasteiger partial charge in [-0.2, -0.15) is 5.10 Å². The zero-order chi connectivity index (χ0) is 13.8. The van der Waals surface area contributed by atoms with Gasteiger partial charge in [-0.05, 0) is 24.0 Å². The van der Waals surface area contributed by atoms with Crippen molar-refractivity contribution >= 4 is 29.1 Å². The SMILES string of the molecule is CC1SC(=N/N=C/c2ccc(C(C)C)cc2)NC1=O. The average Bonchev–Trinajstić information content (AvgIpc) is 2.69. The number of benzene rings is 1. The van der Waals surface area contributed by atoms with Crippen LogP contribution in [0.15, 0.2) is 34.5 Å². The molecule has 1 N–H and O–H groups in total. The summed E-state index contributed by atoms with van der Waals surface area (Å²) < 4.78 is 0. The Morgan fingerprint density at radius 1 is 1.32 bits per heavy atom. The highest BCUT2D eigenvalue weighted by Gasteiger charge is 2.25. The van der Waals surface area contributed by atoms with Crippen LogP contribution in [0.25, 0.3) is 0 Å². The Hall–Kier alpha value is -1.62. The standard InChI is InChI=1S/C14H17N3OS/c1-9(2)12-6-4-11(5-7-12)8-15-17-14-16-13(18)10(3)19-14/h4-10H,1-3H3,(H,16,17,18)/b15-8+. The highest BCUT2D eigenvalue weighted by Crippen LogP contribution is 2.18. The molecule has 1 aromatic carbocycles. The summed E-state index contributed by atoms with van der Waals surface area (Å²) in [7, 11) is 0. The summed E-state index contributed by atoms with van der Waals surface area (Å²) in [6, 6.07) is 8.21. The molecule has 1 amide bonds. The molecule has 4 nitrogen and oxygen atoms in total. The van der Waals surface area contributed by atoms with Crippen molar-refractivity contribution in [2.75, 3.05) is 0 Å². The molecule has 1 unspecified atom stereocenters. The van der Waals surface area contributed by atoms with E-state index in [4.69, 9.17) is 0 Å². The molecule has 1 aromatic rings. The van der Waals surface area contributed by atoms with Gasteiger partial charge in [0.1, 0.15) is 0 Å². The van der Waals surface area contributed by atoms with Gasteiger partial charge in [0, 0.05) is 0 Å². The van der Waals surface area contributed by atoms with Crippen molar-refractivity contribution in [3.05, 3.63) is 35.4 Å². The molecule has 1 fully saturated rings. The third-order valence-electron chi connectivity index (χ3n) is 2.85. The lowest BCUT2D eigenvalue weighted by Gasteiger charge is -2.03. The minimum Gasteiger partial charge on any atom is -0.303 e. The minimum atomic E-state index is -0.0840. The van der Waals surface area contributed by atoms with Crippen LogP contribution in [-0.4, -0.2) is 22.5 Å². The third-order valence-corrected chi connectivity index (χ3v) is 3.82. The number of amidine groups is 1. The van der Waals surface area contributed by atoms with Crippen LogP contribution >= 0.6 is 11.8 Å². The molecule has 5 heteroatoms. The number of rotatable bonds is 3. The number of thioether (sulfide) groups is 1. The molecule has 2 rings (SSSR count). The summed E-state index contributed by atoms with van der Waals surface area (Å²) in [4.78, 5) is 11.3. The van der Waals surface area contributed by atoms with Crippen molar-refractivity contribution in [1.82, 2.24) is 5.32 Å². The molecule has 0 aromatic heterocycles. The van der Waals surface area contributed by atoms with Gasteiger partial charge in [0.05, 0.1) is 11.5 Å². The molecule has 1 aliphatic rings. The zero-order valence-electron chi connectivity index (χ0n) is 11.3. The highest BCUT2D eigenvalue weighted by atomic mass is 32.2. The van der Waals surface area contributed by atoms with Gasteiger partial charge < -0.3 is 5.32 Å². The van der Waals surface area contributed by atoms with Crippen LogP contribution in [0.2, 0.25) is 0 Å². The molecule has 0 saturated carbocycles. The summed E-state index contributed by atoms with van der Waals surface area (Å²) in [5.41, 5.74) is 2.30. The summed E-state index contributed by atoms with van der Waals surface area (Å²) in [5, 5.41) is 11.1. The predicted octanol–water partition coefficient (Wildman–Crippen LogP) is 2.75. The van der Waals surface area contributed by atoms with Gasteiger partial charge in [-0.3, -0.25) is 4.79 Å². The topological polar surface area (TPSA) is 53.8 Å². The van der Waals surface area contributed by atoms with Crippen molar-refractivity contribution in [3.8, 4) is 0 Å². The fourth-order valence-corrected chi connectivity index (χ4v) is 2.38. The van der Waals surface area contributed by atoms with E-state index < -0.39 is 0 Å². The molecule has 100 valence electrons. The Morgan fingerprint density at radius 2 is 2.00 bits per heavy atom. The quantitative estimate of drug-likeness (QED) is 0.681. The molecule has 0 spiro atoms. The van der Waals surface area contributed by atoms with E-state index in [2.05, 4.69) is 41.5 Å². The minimum absolute atomic E-state index is 0.0137. The smallest absolute Gasteiger partial charge is 0.239 e. The first-order valence-corrected chi connectivity index (χ1v) is 7.12. The number of carbonyl (C=O) groups excluding carboxylic acids is 1. The molecule has 1 atom stereocenters. The van der Waals surface area contributed by atoms with Crippen molar-refractivity contribution < 1.29 is 4.79 Å². The Morgan fingerprint density at radius 3 is 2.53 bits per heavy atom. The van der Waals surface area contributed by atoms with Gasteiger partial charge in [0.25, 0.3) is 0 Å². The largest absolute Gasteiger partial charge is 0.303 e. The first-order valence-electron chi connectivity index (χ1n) is 6.25. The molecule has 19 heavy (non-hydrogen) atoms.